The fraction of sp³-hybridized carbons (Fsp3) is 0.0833. The second kappa shape index (κ2) is 5.54. The normalized spacial score (nSPS) is 9.53. The van der Waals surface area contributed by atoms with E-state index in [1.165, 1.54) is 6.07 Å². The molecule has 0 spiro atoms. The van der Waals surface area contributed by atoms with Crippen LogP contribution in [0.1, 0.15) is 6.92 Å². The van der Waals surface area contributed by atoms with E-state index in [-0.39, 0.29) is 11.5 Å². The first-order valence-corrected chi connectivity index (χ1v) is 5.51. The Hall–Kier alpha value is -1.75. The number of carbonyl (C=O) groups is 1. The molecule has 0 unspecified atom stereocenters. The first-order valence-electron chi connectivity index (χ1n) is 4.71. The number of hydrogen-bond acceptors (Lipinski definition) is 3. The Morgan fingerprint density at radius 2 is 1.76 bits per heavy atom. The lowest BCUT2D eigenvalue weighted by Gasteiger charge is -2.02. The Kier molecular flexibility index (Phi) is 4.34. The second-order valence-electron chi connectivity index (χ2n) is 3.32. The van der Waals surface area contributed by atoms with Crippen molar-refractivity contribution in [3.8, 4) is 11.5 Å². The van der Waals surface area contributed by atoms with Crippen LogP contribution in [0.25, 0.3) is 10.8 Å². The molecule has 0 amide bonds. The number of aliphatic carboxylic acids is 1. The highest BCUT2D eigenvalue weighted by atomic mass is 79.9. The third kappa shape index (κ3) is 3.64. The van der Waals surface area contributed by atoms with Gasteiger partial charge in [-0.1, -0.05) is 22.0 Å². The molecule has 0 heterocycles. The van der Waals surface area contributed by atoms with Crippen molar-refractivity contribution in [2.75, 3.05) is 0 Å². The number of carboxylic acid groups (broad SMARTS) is 1. The molecule has 4 nitrogen and oxygen atoms in total. The van der Waals surface area contributed by atoms with E-state index in [4.69, 9.17) is 9.90 Å². The molecule has 90 valence electrons. The molecule has 2 aromatic carbocycles. The maximum absolute atomic E-state index is 9.48. The van der Waals surface area contributed by atoms with Crippen molar-refractivity contribution in [1.29, 1.82) is 0 Å². The first kappa shape index (κ1) is 13.3. The highest BCUT2D eigenvalue weighted by molar-refractivity contribution is 9.10. The summed E-state index contributed by atoms with van der Waals surface area (Å²) in [6.07, 6.45) is 0. The van der Waals surface area contributed by atoms with Crippen molar-refractivity contribution in [1.82, 2.24) is 0 Å². The van der Waals surface area contributed by atoms with Gasteiger partial charge in [0.15, 0.2) is 11.5 Å². The summed E-state index contributed by atoms with van der Waals surface area (Å²) >= 11 is 3.33. The van der Waals surface area contributed by atoms with Crippen LogP contribution in [0, 0.1) is 0 Å². The minimum Gasteiger partial charge on any atom is -0.504 e. The molecule has 5 heteroatoms. The third-order valence-corrected chi connectivity index (χ3v) is 2.43. The predicted molar refractivity (Wildman–Crippen MR) is 68.3 cm³/mol. The van der Waals surface area contributed by atoms with E-state index >= 15 is 0 Å². The molecule has 0 aliphatic heterocycles. The highest BCUT2D eigenvalue weighted by Crippen LogP contribution is 2.34. The number of fused-ring (bicyclic) bond motifs is 1. The number of rotatable bonds is 0. The molecular weight excluding hydrogens is 288 g/mol. The lowest BCUT2D eigenvalue weighted by Crippen LogP contribution is -1.78. The molecule has 0 atom stereocenters. The van der Waals surface area contributed by atoms with Gasteiger partial charge in [-0.15, -0.1) is 0 Å². The van der Waals surface area contributed by atoms with Gasteiger partial charge in [-0.2, -0.15) is 0 Å². The molecule has 0 aliphatic carbocycles. The van der Waals surface area contributed by atoms with Crippen LogP contribution < -0.4 is 0 Å². The number of carboxylic acids is 1. The van der Waals surface area contributed by atoms with E-state index in [0.717, 1.165) is 16.8 Å². The highest BCUT2D eigenvalue weighted by Gasteiger charge is 2.04. The van der Waals surface area contributed by atoms with Crippen molar-refractivity contribution in [3.05, 3.63) is 34.8 Å². The summed E-state index contributed by atoms with van der Waals surface area (Å²) in [6, 6.07) is 8.70. The van der Waals surface area contributed by atoms with Crippen LogP contribution in [-0.2, 0) is 4.79 Å². The van der Waals surface area contributed by atoms with Gasteiger partial charge < -0.3 is 15.3 Å². The van der Waals surface area contributed by atoms with Gasteiger partial charge >= 0.3 is 0 Å². The number of phenolic OH excluding ortho intramolecular Hbond substituents is 2. The van der Waals surface area contributed by atoms with Crippen LogP contribution in [0.15, 0.2) is 34.8 Å². The van der Waals surface area contributed by atoms with Crippen molar-refractivity contribution in [2.45, 2.75) is 6.92 Å². The average molecular weight is 299 g/mol. The largest absolute Gasteiger partial charge is 0.504 e. The molecular formula is C12H11BrO4. The Bertz CT molecular complexity index is 547. The van der Waals surface area contributed by atoms with E-state index in [2.05, 4.69) is 15.9 Å². The zero-order valence-electron chi connectivity index (χ0n) is 9.01. The monoisotopic (exact) mass is 298 g/mol. The summed E-state index contributed by atoms with van der Waals surface area (Å²) in [5.74, 6) is -0.986. The van der Waals surface area contributed by atoms with Crippen LogP contribution in [-0.4, -0.2) is 21.3 Å². The van der Waals surface area contributed by atoms with Crippen LogP contribution in [0.3, 0.4) is 0 Å². The standard InChI is InChI=1S/C10H7BrO2.C2H4O2/c11-7-2-3-8-6(5-7)1-4-9(12)10(8)13;1-2(3)4/h1-5,12-13H;1H3,(H,3,4). The predicted octanol–water partition coefficient (Wildman–Crippen LogP) is 3.10. The molecule has 0 saturated heterocycles. The summed E-state index contributed by atoms with van der Waals surface area (Å²) in [7, 11) is 0. The summed E-state index contributed by atoms with van der Waals surface area (Å²) < 4.78 is 0.949. The zero-order chi connectivity index (χ0) is 13.0. The average Bonchev–Trinajstić information content (AvgIpc) is 2.23. The van der Waals surface area contributed by atoms with Gasteiger partial charge in [-0.05, 0) is 29.7 Å². The zero-order valence-corrected chi connectivity index (χ0v) is 10.6. The fourth-order valence-electron chi connectivity index (χ4n) is 1.27. The number of phenols is 2. The van der Waals surface area contributed by atoms with Gasteiger partial charge in [-0.25, -0.2) is 0 Å². The Morgan fingerprint density at radius 3 is 2.35 bits per heavy atom. The van der Waals surface area contributed by atoms with Crippen molar-refractivity contribution >= 4 is 32.7 Å². The van der Waals surface area contributed by atoms with E-state index < -0.39 is 5.97 Å². The summed E-state index contributed by atoms with van der Waals surface area (Å²) in [4.78, 5) is 9.00. The van der Waals surface area contributed by atoms with Crippen molar-refractivity contribution in [2.24, 2.45) is 0 Å². The molecule has 17 heavy (non-hydrogen) atoms. The molecule has 0 aromatic heterocycles. The SMILES string of the molecule is CC(=O)O.Oc1ccc2cc(Br)ccc2c1O. The second-order valence-corrected chi connectivity index (χ2v) is 4.23. The summed E-state index contributed by atoms with van der Waals surface area (Å²) in [5.41, 5.74) is 0. The lowest BCUT2D eigenvalue weighted by atomic mass is 10.1. The van der Waals surface area contributed by atoms with Crippen LogP contribution in [0.4, 0.5) is 0 Å². The smallest absolute Gasteiger partial charge is 0.300 e. The van der Waals surface area contributed by atoms with E-state index in [9.17, 15) is 10.2 Å². The van der Waals surface area contributed by atoms with Gasteiger partial charge in [0, 0.05) is 16.8 Å². The van der Waals surface area contributed by atoms with Crippen molar-refractivity contribution < 1.29 is 20.1 Å². The molecule has 0 fully saturated rings. The maximum Gasteiger partial charge on any atom is 0.300 e. The Morgan fingerprint density at radius 1 is 1.18 bits per heavy atom. The molecule has 0 aliphatic rings. The minimum atomic E-state index is -0.833. The summed E-state index contributed by atoms with van der Waals surface area (Å²) in [5, 5.41) is 27.7. The van der Waals surface area contributed by atoms with E-state index in [1.807, 2.05) is 12.1 Å². The number of hydrogen-bond donors (Lipinski definition) is 3. The van der Waals surface area contributed by atoms with Gasteiger partial charge in [-0.3, -0.25) is 4.79 Å². The lowest BCUT2D eigenvalue weighted by molar-refractivity contribution is -0.134. The first-order chi connectivity index (χ1) is 7.91. The molecule has 2 aromatic rings. The van der Waals surface area contributed by atoms with Gasteiger partial charge in [0.25, 0.3) is 5.97 Å². The van der Waals surface area contributed by atoms with Crippen LogP contribution in [0.5, 0.6) is 11.5 Å². The quantitative estimate of drug-likeness (QED) is 0.653. The topological polar surface area (TPSA) is 77.8 Å². The Balaban J connectivity index is 0.000000317. The van der Waals surface area contributed by atoms with Crippen LogP contribution in [0.2, 0.25) is 0 Å². The number of aromatic hydroxyl groups is 2. The van der Waals surface area contributed by atoms with Gasteiger partial charge in [0.1, 0.15) is 0 Å². The van der Waals surface area contributed by atoms with E-state index in [0.29, 0.717) is 5.39 Å². The molecule has 3 N–H and O–H groups in total. The molecule has 0 saturated carbocycles. The Labute approximate surface area is 106 Å². The summed E-state index contributed by atoms with van der Waals surface area (Å²) in [6.45, 7) is 1.08. The minimum absolute atomic E-state index is 0.0648. The molecule has 0 bridgehead atoms. The van der Waals surface area contributed by atoms with Gasteiger partial charge in [0.05, 0.1) is 0 Å². The number of benzene rings is 2. The number of halogens is 1. The maximum atomic E-state index is 9.48. The van der Waals surface area contributed by atoms with E-state index in [1.54, 1.807) is 12.1 Å². The van der Waals surface area contributed by atoms with Crippen molar-refractivity contribution in [3.63, 3.8) is 0 Å². The van der Waals surface area contributed by atoms with Gasteiger partial charge in [0.2, 0.25) is 0 Å². The third-order valence-electron chi connectivity index (χ3n) is 1.93. The molecule has 0 radical (unpaired) electrons. The fourth-order valence-corrected chi connectivity index (χ4v) is 1.65. The van der Waals surface area contributed by atoms with Crippen LogP contribution >= 0.6 is 15.9 Å². The molecule has 2 rings (SSSR count).